The minimum Gasteiger partial charge on any atom is -0.438 e. The van der Waals surface area contributed by atoms with Gasteiger partial charge in [-0.05, 0) is 30.2 Å². The van der Waals surface area contributed by atoms with Crippen LogP contribution in [0.2, 0.25) is 0 Å². The first kappa shape index (κ1) is 14.8. The quantitative estimate of drug-likeness (QED) is 0.905. The average molecular weight is 287 g/mol. The molecule has 6 nitrogen and oxygen atoms in total. The normalized spacial score (nSPS) is 10.5. The summed E-state index contributed by atoms with van der Waals surface area (Å²) in [5.74, 6) is -0.166. The zero-order chi connectivity index (χ0) is 15.4. The predicted octanol–water partition coefficient (Wildman–Crippen LogP) is 3.01. The average Bonchev–Trinajstić information content (AvgIpc) is 2.90. The van der Waals surface area contributed by atoms with E-state index in [-0.39, 0.29) is 23.5 Å². The number of carbonyl (C=O) groups excluding carboxylic acids is 2. The second-order valence-electron chi connectivity index (χ2n) is 4.93. The van der Waals surface area contributed by atoms with E-state index < -0.39 is 0 Å². The molecule has 0 aliphatic rings. The molecule has 0 unspecified atom stereocenters. The van der Waals surface area contributed by atoms with Crippen LogP contribution < -0.4 is 10.6 Å². The summed E-state index contributed by atoms with van der Waals surface area (Å²) in [7, 11) is 0. The lowest BCUT2D eigenvalue weighted by molar-refractivity contribution is -0.114. The Kier molecular flexibility index (Phi) is 4.37. The van der Waals surface area contributed by atoms with Crippen molar-refractivity contribution < 1.29 is 14.0 Å². The number of oxazole rings is 1. The Labute approximate surface area is 122 Å². The zero-order valence-electron chi connectivity index (χ0n) is 12.1. The highest BCUT2D eigenvalue weighted by Crippen LogP contribution is 2.20. The molecule has 0 atom stereocenters. The Morgan fingerprint density at radius 2 is 1.67 bits per heavy atom. The lowest BCUT2D eigenvalue weighted by Crippen LogP contribution is -2.14. The van der Waals surface area contributed by atoms with Gasteiger partial charge in [0.2, 0.25) is 11.7 Å². The molecule has 110 valence electrons. The summed E-state index contributed by atoms with van der Waals surface area (Å²) in [5.41, 5.74) is 1.91. The molecule has 2 N–H and O–H groups in total. The van der Waals surface area contributed by atoms with Gasteiger partial charge in [0, 0.05) is 18.3 Å². The second-order valence-corrected chi connectivity index (χ2v) is 4.93. The molecule has 0 saturated heterocycles. The lowest BCUT2D eigenvalue weighted by Gasteiger charge is -2.07. The summed E-state index contributed by atoms with van der Waals surface area (Å²) in [6.07, 6.45) is 1.27. The van der Waals surface area contributed by atoms with Gasteiger partial charge < -0.3 is 15.1 Å². The predicted molar refractivity (Wildman–Crippen MR) is 79.3 cm³/mol. The second kappa shape index (κ2) is 6.21. The van der Waals surface area contributed by atoms with Crippen LogP contribution in [-0.2, 0) is 4.79 Å². The first-order chi connectivity index (χ1) is 9.97. The fourth-order valence-corrected chi connectivity index (χ4v) is 1.86. The third kappa shape index (κ3) is 3.68. The van der Waals surface area contributed by atoms with Gasteiger partial charge in [-0.15, -0.1) is 0 Å². The van der Waals surface area contributed by atoms with Crippen LogP contribution in [0.5, 0.6) is 0 Å². The number of aromatic nitrogens is 1. The molecule has 2 aromatic rings. The largest absolute Gasteiger partial charge is 0.438 e. The van der Waals surface area contributed by atoms with Crippen molar-refractivity contribution in [3.63, 3.8) is 0 Å². The van der Waals surface area contributed by atoms with E-state index in [0.29, 0.717) is 17.1 Å². The van der Waals surface area contributed by atoms with Crippen molar-refractivity contribution >= 4 is 23.2 Å². The number of rotatable bonds is 4. The smallest absolute Gasteiger partial charge is 0.293 e. The Morgan fingerprint density at radius 3 is 2.19 bits per heavy atom. The van der Waals surface area contributed by atoms with Crippen LogP contribution in [0.25, 0.3) is 0 Å². The van der Waals surface area contributed by atoms with E-state index in [9.17, 15) is 9.59 Å². The fraction of sp³-hybridized carbons (Fsp3) is 0.267. The lowest BCUT2D eigenvalue weighted by atomic mass is 10.1. The van der Waals surface area contributed by atoms with Crippen molar-refractivity contribution in [3.05, 3.63) is 42.1 Å². The van der Waals surface area contributed by atoms with Crippen molar-refractivity contribution in [3.8, 4) is 0 Å². The van der Waals surface area contributed by atoms with Gasteiger partial charge in [-0.1, -0.05) is 13.8 Å². The summed E-state index contributed by atoms with van der Waals surface area (Å²) >= 11 is 0. The van der Waals surface area contributed by atoms with Gasteiger partial charge in [0.1, 0.15) is 0 Å². The third-order valence-corrected chi connectivity index (χ3v) is 2.81. The standard InChI is InChI=1S/C15H17N3O3/c1-9(2)13-14(21-8-16-13)15(20)18-12-6-4-11(5-7-12)17-10(3)19/h4-9H,1-3H3,(H,17,19)(H,18,20). The highest BCUT2D eigenvalue weighted by molar-refractivity contribution is 6.03. The minimum absolute atomic E-state index is 0.103. The van der Waals surface area contributed by atoms with E-state index >= 15 is 0 Å². The highest BCUT2D eigenvalue weighted by atomic mass is 16.3. The minimum atomic E-state index is -0.344. The molecular weight excluding hydrogens is 270 g/mol. The molecule has 6 heteroatoms. The summed E-state index contributed by atoms with van der Waals surface area (Å²) in [6, 6.07) is 6.82. The third-order valence-electron chi connectivity index (χ3n) is 2.81. The van der Waals surface area contributed by atoms with Crippen molar-refractivity contribution in [2.24, 2.45) is 0 Å². The molecule has 1 aromatic heterocycles. The van der Waals surface area contributed by atoms with E-state index in [1.165, 1.54) is 13.3 Å². The fourth-order valence-electron chi connectivity index (χ4n) is 1.86. The van der Waals surface area contributed by atoms with E-state index in [0.717, 1.165) is 0 Å². The molecular formula is C15H17N3O3. The maximum Gasteiger partial charge on any atom is 0.293 e. The van der Waals surface area contributed by atoms with Crippen molar-refractivity contribution in [1.29, 1.82) is 0 Å². The van der Waals surface area contributed by atoms with Crippen molar-refractivity contribution in [2.75, 3.05) is 10.6 Å². The molecule has 0 bridgehead atoms. The van der Waals surface area contributed by atoms with Gasteiger partial charge in [0.15, 0.2) is 6.39 Å². The molecule has 1 aromatic carbocycles. The number of hydrogen-bond acceptors (Lipinski definition) is 4. The number of amides is 2. The van der Waals surface area contributed by atoms with Gasteiger partial charge in [0.05, 0.1) is 5.69 Å². The maximum absolute atomic E-state index is 12.1. The molecule has 2 rings (SSSR count). The number of carbonyl (C=O) groups is 2. The van der Waals surface area contributed by atoms with Crippen LogP contribution in [0.15, 0.2) is 35.1 Å². The van der Waals surface area contributed by atoms with Gasteiger partial charge >= 0.3 is 0 Å². The van der Waals surface area contributed by atoms with E-state index in [1.807, 2.05) is 13.8 Å². The van der Waals surface area contributed by atoms with E-state index in [1.54, 1.807) is 24.3 Å². The van der Waals surface area contributed by atoms with Crippen molar-refractivity contribution in [1.82, 2.24) is 4.98 Å². The van der Waals surface area contributed by atoms with Gasteiger partial charge in [-0.25, -0.2) is 4.98 Å². The molecule has 21 heavy (non-hydrogen) atoms. The molecule has 0 spiro atoms. The molecule has 1 heterocycles. The van der Waals surface area contributed by atoms with Crippen molar-refractivity contribution in [2.45, 2.75) is 26.7 Å². The topological polar surface area (TPSA) is 84.2 Å². The summed E-state index contributed by atoms with van der Waals surface area (Å²) in [4.78, 5) is 27.1. The summed E-state index contributed by atoms with van der Waals surface area (Å²) in [6.45, 7) is 5.32. The van der Waals surface area contributed by atoms with Crippen LogP contribution in [0.3, 0.4) is 0 Å². The van der Waals surface area contributed by atoms with Crippen LogP contribution in [0.1, 0.15) is 42.9 Å². The van der Waals surface area contributed by atoms with Crippen LogP contribution in [-0.4, -0.2) is 16.8 Å². The first-order valence-corrected chi connectivity index (χ1v) is 6.59. The first-order valence-electron chi connectivity index (χ1n) is 6.59. The van der Waals surface area contributed by atoms with Gasteiger partial charge in [-0.3, -0.25) is 9.59 Å². The van der Waals surface area contributed by atoms with Crippen LogP contribution in [0, 0.1) is 0 Å². The number of anilines is 2. The number of nitrogens with one attached hydrogen (secondary N) is 2. The molecule has 0 radical (unpaired) electrons. The SMILES string of the molecule is CC(=O)Nc1ccc(NC(=O)c2ocnc2C(C)C)cc1. The highest BCUT2D eigenvalue weighted by Gasteiger charge is 2.19. The monoisotopic (exact) mass is 287 g/mol. The number of benzene rings is 1. The number of nitrogens with zero attached hydrogens (tertiary/aromatic N) is 1. The Hall–Kier alpha value is -2.63. The van der Waals surface area contributed by atoms with E-state index in [2.05, 4.69) is 15.6 Å². The van der Waals surface area contributed by atoms with Crippen LogP contribution >= 0.6 is 0 Å². The van der Waals surface area contributed by atoms with Crippen LogP contribution in [0.4, 0.5) is 11.4 Å². The molecule has 0 fully saturated rings. The molecule has 2 amide bonds. The Bertz CT molecular complexity index is 644. The Balaban J connectivity index is 2.09. The zero-order valence-corrected chi connectivity index (χ0v) is 12.1. The maximum atomic E-state index is 12.1. The molecule has 0 aliphatic carbocycles. The van der Waals surface area contributed by atoms with Gasteiger partial charge in [-0.2, -0.15) is 0 Å². The Morgan fingerprint density at radius 1 is 1.10 bits per heavy atom. The molecule has 0 aliphatic heterocycles. The number of hydrogen-bond donors (Lipinski definition) is 2. The summed E-state index contributed by atoms with van der Waals surface area (Å²) < 4.78 is 5.16. The van der Waals surface area contributed by atoms with E-state index in [4.69, 9.17) is 4.42 Å². The van der Waals surface area contributed by atoms with Gasteiger partial charge in [0.25, 0.3) is 5.91 Å². The summed E-state index contributed by atoms with van der Waals surface area (Å²) in [5, 5.41) is 5.39. The molecule has 0 saturated carbocycles.